The second-order valence-corrected chi connectivity index (χ2v) is 8.88. The molecule has 1 atom stereocenters. The highest BCUT2D eigenvalue weighted by atomic mass is 127. The molecule has 1 heterocycles. The van der Waals surface area contributed by atoms with Gasteiger partial charge in [-0.15, -0.1) is 0 Å². The molecule has 28 heavy (non-hydrogen) atoms. The Kier molecular flexibility index (Phi) is 5.10. The molecule has 0 aliphatic carbocycles. The quantitative estimate of drug-likeness (QED) is 0.382. The second-order valence-electron chi connectivity index (χ2n) is 8.44. The lowest BCUT2D eigenvalue weighted by Gasteiger charge is -2.53. The summed E-state index contributed by atoms with van der Waals surface area (Å²) in [6.07, 6.45) is 0.759. The van der Waals surface area contributed by atoms with Crippen LogP contribution in [0, 0.1) is 5.41 Å². The minimum Gasteiger partial charge on any atom is -0.328 e. The molecule has 3 aromatic rings. The number of rotatable bonds is 3. The molecular formula is C25H25IO2. The summed E-state index contributed by atoms with van der Waals surface area (Å²) >= 11 is 2.01. The van der Waals surface area contributed by atoms with Gasteiger partial charge >= 0.3 is 0 Å². The maximum atomic E-state index is 7.14. The van der Waals surface area contributed by atoms with Crippen molar-refractivity contribution in [3.63, 3.8) is 0 Å². The molecule has 3 aromatic carbocycles. The monoisotopic (exact) mass is 484 g/mol. The van der Waals surface area contributed by atoms with Crippen LogP contribution in [0.3, 0.4) is 0 Å². The van der Waals surface area contributed by atoms with Gasteiger partial charge in [0.15, 0.2) is 0 Å². The van der Waals surface area contributed by atoms with Crippen molar-refractivity contribution in [3.05, 3.63) is 107 Å². The van der Waals surface area contributed by atoms with E-state index in [1.165, 1.54) is 5.56 Å². The summed E-state index contributed by atoms with van der Waals surface area (Å²) < 4.78 is 13.4. The van der Waals surface area contributed by atoms with Crippen LogP contribution in [-0.2, 0) is 25.6 Å². The molecule has 0 amide bonds. The largest absolute Gasteiger partial charge is 0.328 e. The smallest absolute Gasteiger partial charge is 0.212 e. The summed E-state index contributed by atoms with van der Waals surface area (Å²) in [5, 5.41) is 0. The Morgan fingerprint density at radius 2 is 1.29 bits per heavy atom. The van der Waals surface area contributed by atoms with E-state index in [0.717, 1.165) is 23.1 Å². The van der Waals surface area contributed by atoms with Gasteiger partial charge in [0, 0.05) is 17.4 Å². The SMILES string of the molecule is CC(C)(C)C1(OI)OC(c2ccccc2)(c2ccccc2)Cc2ccccc21. The van der Waals surface area contributed by atoms with Crippen molar-refractivity contribution in [3.8, 4) is 0 Å². The van der Waals surface area contributed by atoms with Gasteiger partial charge < -0.3 is 4.74 Å². The van der Waals surface area contributed by atoms with E-state index in [0.29, 0.717) is 0 Å². The lowest BCUT2D eigenvalue weighted by molar-refractivity contribution is -0.294. The molecule has 4 rings (SSSR count). The van der Waals surface area contributed by atoms with Crippen LogP contribution in [0.25, 0.3) is 0 Å². The van der Waals surface area contributed by atoms with Crippen LogP contribution in [-0.4, -0.2) is 0 Å². The van der Waals surface area contributed by atoms with E-state index in [2.05, 4.69) is 93.6 Å². The van der Waals surface area contributed by atoms with Gasteiger partial charge in [-0.05, 0) is 16.7 Å². The summed E-state index contributed by atoms with van der Waals surface area (Å²) in [4.78, 5) is 0. The van der Waals surface area contributed by atoms with Crippen LogP contribution in [0.4, 0.5) is 0 Å². The number of fused-ring (bicyclic) bond motifs is 1. The van der Waals surface area contributed by atoms with Gasteiger partial charge in [0.2, 0.25) is 5.79 Å². The lowest BCUT2D eigenvalue weighted by Crippen LogP contribution is -2.54. The van der Waals surface area contributed by atoms with Crippen molar-refractivity contribution in [2.45, 2.75) is 38.6 Å². The fourth-order valence-electron chi connectivity index (χ4n) is 4.23. The van der Waals surface area contributed by atoms with Crippen molar-refractivity contribution in [1.29, 1.82) is 0 Å². The van der Waals surface area contributed by atoms with E-state index in [9.17, 15) is 0 Å². The molecule has 0 aromatic heterocycles. The van der Waals surface area contributed by atoms with Gasteiger partial charge in [-0.25, -0.2) is 0 Å². The van der Waals surface area contributed by atoms with Gasteiger partial charge in [0.25, 0.3) is 0 Å². The molecule has 1 aliphatic heterocycles. The highest BCUT2D eigenvalue weighted by Gasteiger charge is 2.57. The first-order valence-electron chi connectivity index (χ1n) is 9.62. The van der Waals surface area contributed by atoms with Crippen molar-refractivity contribution < 1.29 is 7.80 Å². The van der Waals surface area contributed by atoms with Crippen LogP contribution < -0.4 is 0 Å². The molecule has 1 aliphatic rings. The molecule has 0 spiro atoms. The van der Waals surface area contributed by atoms with Crippen LogP contribution >= 0.6 is 23.0 Å². The predicted octanol–water partition coefficient (Wildman–Crippen LogP) is 6.77. The summed E-state index contributed by atoms with van der Waals surface area (Å²) in [5.41, 5.74) is 3.73. The van der Waals surface area contributed by atoms with E-state index < -0.39 is 11.4 Å². The number of benzene rings is 3. The first-order chi connectivity index (χ1) is 13.4. The zero-order valence-electron chi connectivity index (χ0n) is 16.5. The van der Waals surface area contributed by atoms with E-state index in [4.69, 9.17) is 7.80 Å². The Hall–Kier alpha value is -1.69. The third-order valence-corrected chi connectivity index (χ3v) is 6.33. The molecule has 1 unspecified atom stereocenters. The maximum Gasteiger partial charge on any atom is 0.212 e. The summed E-state index contributed by atoms with van der Waals surface area (Å²) in [5.74, 6) is -0.881. The second kappa shape index (κ2) is 7.29. The highest BCUT2D eigenvalue weighted by molar-refractivity contribution is 14.1. The Balaban J connectivity index is 2.04. The molecule has 0 bridgehead atoms. The average Bonchev–Trinajstić information content (AvgIpc) is 2.73. The third kappa shape index (κ3) is 3.00. The third-order valence-electron chi connectivity index (χ3n) is 5.71. The van der Waals surface area contributed by atoms with Crippen molar-refractivity contribution in [1.82, 2.24) is 0 Å². The predicted molar refractivity (Wildman–Crippen MR) is 121 cm³/mol. The first-order valence-corrected chi connectivity index (χ1v) is 10.5. The molecule has 0 N–H and O–H groups in total. The lowest BCUT2D eigenvalue weighted by atomic mass is 9.71. The van der Waals surface area contributed by atoms with Crippen LogP contribution in [0.5, 0.6) is 0 Å². The Morgan fingerprint density at radius 1 is 0.786 bits per heavy atom. The molecule has 0 saturated heterocycles. The number of hydrogen-bond donors (Lipinski definition) is 0. The maximum absolute atomic E-state index is 7.14. The average molecular weight is 484 g/mol. The van der Waals surface area contributed by atoms with Gasteiger partial charge in [-0.1, -0.05) is 106 Å². The Bertz CT molecular complexity index is 908. The number of hydrogen-bond acceptors (Lipinski definition) is 2. The van der Waals surface area contributed by atoms with Crippen LogP contribution in [0.15, 0.2) is 84.9 Å². The Morgan fingerprint density at radius 3 is 1.79 bits per heavy atom. The molecule has 2 nitrogen and oxygen atoms in total. The van der Waals surface area contributed by atoms with E-state index in [1.54, 1.807) is 0 Å². The van der Waals surface area contributed by atoms with Gasteiger partial charge in [-0.3, -0.25) is 3.07 Å². The highest BCUT2D eigenvalue weighted by Crippen LogP contribution is 2.56. The number of ether oxygens (including phenoxy) is 1. The zero-order chi connectivity index (χ0) is 19.8. The minimum atomic E-state index is -0.881. The van der Waals surface area contributed by atoms with Gasteiger partial charge in [-0.2, -0.15) is 0 Å². The molecule has 0 saturated carbocycles. The van der Waals surface area contributed by atoms with Gasteiger partial charge in [0.05, 0.1) is 0 Å². The standard InChI is InChI=1S/C25H25IO2/c1-23(2,3)25(28-26)22-17-11-10-12-19(22)18-24(27-25,20-13-6-4-7-14-20)21-15-8-5-9-16-21/h4-17H,18H2,1-3H3. The van der Waals surface area contributed by atoms with Crippen molar-refractivity contribution in [2.75, 3.05) is 0 Å². The fraction of sp³-hybridized carbons (Fsp3) is 0.280. The summed E-state index contributed by atoms with van der Waals surface area (Å²) in [6.45, 7) is 6.53. The number of halogens is 1. The zero-order valence-corrected chi connectivity index (χ0v) is 18.6. The summed E-state index contributed by atoms with van der Waals surface area (Å²) in [7, 11) is 0. The van der Waals surface area contributed by atoms with Crippen LogP contribution in [0.2, 0.25) is 0 Å². The van der Waals surface area contributed by atoms with Gasteiger partial charge in [0.1, 0.15) is 28.6 Å². The molecule has 3 heteroatoms. The topological polar surface area (TPSA) is 18.5 Å². The summed E-state index contributed by atoms with van der Waals surface area (Å²) in [6, 6.07) is 29.5. The first kappa shape index (κ1) is 19.6. The fourth-order valence-corrected chi connectivity index (χ4v) is 5.22. The normalized spacial score (nSPS) is 21.1. The molecular weight excluding hydrogens is 459 g/mol. The van der Waals surface area contributed by atoms with Crippen LogP contribution in [0.1, 0.15) is 43.0 Å². The van der Waals surface area contributed by atoms with E-state index in [1.807, 2.05) is 35.1 Å². The van der Waals surface area contributed by atoms with Crippen molar-refractivity contribution >= 4 is 23.0 Å². The molecule has 144 valence electrons. The minimum absolute atomic E-state index is 0.278. The van der Waals surface area contributed by atoms with E-state index >= 15 is 0 Å². The van der Waals surface area contributed by atoms with Crippen molar-refractivity contribution in [2.24, 2.45) is 5.41 Å². The molecule has 0 fully saturated rings. The molecule has 0 radical (unpaired) electrons. The Labute approximate surface area is 181 Å². The van der Waals surface area contributed by atoms with E-state index in [-0.39, 0.29) is 5.41 Å².